The summed E-state index contributed by atoms with van der Waals surface area (Å²) in [5, 5.41) is 20.0. The van der Waals surface area contributed by atoms with Crippen molar-refractivity contribution in [3.8, 4) is 22.2 Å². The van der Waals surface area contributed by atoms with Crippen LogP contribution in [0.2, 0.25) is 0 Å². The van der Waals surface area contributed by atoms with Crippen LogP contribution in [0.5, 0.6) is 11.6 Å². The van der Waals surface area contributed by atoms with Crippen molar-refractivity contribution in [1.29, 1.82) is 0 Å². The Morgan fingerprint density at radius 1 is 1.11 bits per heavy atom. The van der Waals surface area contributed by atoms with Gasteiger partial charge in [-0.25, -0.2) is 9.97 Å². The van der Waals surface area contributed by atoms with E-state index < -0.39 is 0 Å². The number of aromatic amines is 1. The van der Waals surface area contributed by atoms with Crippen LogP contribution in [0.3, 0.4) is 0 Å². The highest BCUT2D eigenvalue weighted by molar-refractivity contribution is 7.14. The summed E-state index contributed by atoms with van der Waals surface area (Å²) in [7, 11) is 2.16. The number of ether oxygens (including phenoxy) is 1. The molecule has 0 unspecified atom stereocenters. The Labute approximate surface area is 206 Å². The standard InChI is InChI=1S/C25H26N8OS/c1-13-4-5-19-18(12-28-31-19)22(13)34-24-21-16(10-20(29-24)15-6-8-33(3)9-7-15)17(11-27-23(21)26)25-32-30-14(2)35-25/h4-5,10-12,15H,6-9H2,1-3H3,(H2,26,27)(H,28,31). The number of piperidine rings is 1. The van der Waals surface area contributed by atoms with Gasteiger partial charge in [-0.1, -0.05) is 17.4 Å². The lowest BCUT2D eigenvalue weighted by Gasteiger charge is -2.29. The monoisotopic (exact) mass is 486 g/mol. The van der Waals surface area contributed by atoms with Gasteiger partial charge in [0.15, 0.2) is 0 Å². The molecule has 6 rings (SSSR count). The largest absolute Gasteiger partial charge is 0.437 e. The second kappa shape index (κ2) is 8.54. The molecule has 3 N–H and O–H groups in total. The van der Waals surface area contributed by atoms with Gasteiger partial charge in [0.05, 0.1) is 22.5 Å². The Kier molecular flexibility index (Phi) is 5.34. The number of hydrogen-bond donors (Lipinski definition) is 2. The molecule has 4 aromatic heterocycles. The van der Waals surface area contributed by atoms with Crippen molar-refractivity contribution in [1.82, 2.24) is 35.3 Å². The average Bonchev–Trinajstić information content (AvgIpc) is 3.50. The fourth-order valence-electron chi connectivity index (χ4n) is 4.76. The second-order valence-corrected chi connectivity index (χ2v) is 10.4. The van der Waals surface area contributed by atoms with Crippen LogP contribution in [0.15, 0.2) is 30.6 Å². The van der Waals surface area contributed by atoms with Crippen LogP contribution in [-0.4, -0.2) is 55.4 Å². The highest BCUT2D eigenvalue weighted by atomic mass is 32.1. The summed E-state index contributed by atoms with van der Waals surface area (Å²) in [6.45, 7) is 6.04. The minimum atomic E-state index is 0.335. The lowest BCUT2D eigenvalue weighted by molar-refractivity contribution is 0.253. The molecule has 0 radical (unpaired) electrons. The van der Waals surface area contributed by atoms with Gasteiger partial charge in [-0.15, -0.1) is 10.2 Å². The van der Waals surface area contributed by atoms with Crippen LogP contribution in [-0.2, 0) is 0 Å². The SMILES string of the molecule is Cc1nnc(-c2cnc(N)c3c(Oc4c(C)ccc5[nH]ncc45)nc(C4CCN(C)CC4)cc23)s1. The van der Waals surface area contributed by atoms with Crippen molar-refractivity contribution < 1.29 is 4.74 Å². The molecule has 1 aromatic carbocycles. The Bertz CT molecular complexity index is 1550. The van der Waals surface area contributed by atoms with E-state index >= 15 is 0 Å². The number of aromatic nitrogens is 6. The van der Waals surface area contributed by atoms with Crippen LogP contribution in [0, 0.1) is 13.8 Å². The number of likely N-dealkylation sites (tertiary alicyclic amines) is 1. The van der Waals surface area contributed by atoms with Crippen molar-refractivity contribution in [3.63, 3.8) is 0 Å². The minimum Gasteiger partial charge on any atom is -0.437 e. The fraction of sp³-hybridized carbons (Fsp3) is 0.320. The highest BCUT2D eigenvalue weighted by Gasteiger charge is 2.25. The van der Waals surface area contributed by atoms with E-state index in [0.717, 1.165) is 69.1 Å². The van der Waals surface area contributed by atoms with E-state index in [1.165, 1.54) is 11.3 Å². The number of nitrogen functional groups attached to an aromatic ring is 1. The Hall–Kier alpha value is -3.63. The number of fused-ring (bicyclic) bond motifs is 2. The van der Waals surface area contributed by atoms with Gasteiger partial charge >= 0.3 is 0 Å². The maximum atomic E-state index is 6.59. The molecular weight excluding hydrogens is 460 g/mol. The van der Waals surface area contributed by atoms with Gasteiger partial charge in [-0.05, 0) is 64.5 Å². The van der Waals surface area contributed by atoms with Crippen LogP contribution < -0.4 is 10.5 Å². The maximum absolute atomic E-state index is 6.59. The van der Waals surface area contributed by atoms with E-state index in [-0.39, 0.29) is 0 Å². The topological polar surface area (TPSA) is 119 Å². The zero-order chi connectivity index (χ0) is 24.1. The number of anilines is 1. The number of H-pyrrole nitrogens is 1. The Morgan fingerprint density at radius 2 is 1.94 bits per heavy atom. The number of pyridine rings is 2. The zero-order valence-corrected chi connectivity index (χ0v) is 20.7. The van der Waals surface area contributed by atoms with Crippen molar-refractivity contribution >= 4 is 38.8 Å². The summed E-state index contributed by atoms with van der Waals surface area (Å²) in [6.07, 6.45) is 5.64. The first kappa shape index (κ1) is 21.9. The molecular formula is C25H26N8OS. The summed E-state index contributed by atoms with van der Waals surface area (Å²) in [5.41, 5.74) is 10.2. The smallest absolute Gasteiger partial charge is 0.231 e. The van der Waals surface area contributed by atoms with E-state index in [1.54, 1.807) is 12.4 Å². The lowest BCUT2D eigenvalue weighted by Crippen LogP contribution is -2.29. The molecule has 1 saturated heterocycles. The molecule has 5 aromatic rings. The van der Waals surface area contributed by atoms with Crippen LogP contribution in [0.4, 0.5) is 5.82 Å². The van der Waals surface area contributed by atoms with Crippen molar-refractivity contribution in [2.75, 3.05) is 25.9 Å². The van der Waals surface area contributed by atoms with Crippen LogP contribution in [0.1, 0.15) is 35.0 Å². The van der Waals surface area contributed by atoms with Crippen molar-refractivity contribution in [2.24, 2.45) is 0 Å². The van der Waals surface area contributed by atoms with E-state index in [4.69, 9.17) is 15.5 Å². The molecule has 0 saturated carbocycles. The summed E-state index contributed by atoms with van der Waals surface area (Å²) in [4.78, 5) is 11.9. The normalized spacial score (nSPS) is 15.3. The van der Waals surface area contributed by atoms with Gasteiger partial charge < -0.3 is 15.4 Å². The molecule has 0 bridgehead atoms. The summed E-state index contributed by atoms with van der Waals surface area (Å²) in [5.74, 6) is 1.88. The third kappa shape index (κ3) is 3.88. The third-order valence-electron chi connectivity index (χ3n) is 6.75. The lowest BCUT2D eigenvalue weighted by atomic mass is 9.92. The molecule has 10 heteroatoms. The van der Waals surface area contributed by atoms with Gasteiger partial charge in [0.1, 0.15) is 21.6 Å². The molecule has 178 valence electrons. The predicted molar refractivity (Wildman–Crippen MR) is 138 cm³/mol. The average molecular weight is 487 g/mol. The summed E-state index contributed by atoms with van der Waals surface area (Å²) in [6, 6.07) is 6.15. The van der Waals surface area contributed by atoms with Crippen LogP contribution >= 0.6 is 11.3 Å². The fourth-order valence-corrected chi connectivity index (χ4v) is 5.48. The van der Waals surface area contributed by atoms with Gasteiger partial charge in [0.25, 0.3) is 0 Å². The number of hydrogen-bond acceptors (Lipinski definition) is 9. The summed E-state index contributed by atoms with van der Waals surface area (Å²) >= 11 is 1.54. The molecule has 5 heterocycles. The number of rotatable bonds is 4. The van der Waals surface area contributed by atoms with E-state index in [1.807, 2.05) is 26.0 Å². The van der Waals surface area contributed by atoms with E-state index in [0.29, 0.717) is 28.8 Å². The first-order chi connectivity index (χ1) is 17.0. The Balaban J connectivity index is 1.58. The van der Waals surface area contributed by atoms with Crippen molar-refractivity contribution in [2.45, 2.75) is 32.6 Å². The molecule has 0 spiro atoms. The summed E-state index contributed by atoms with van der Waals surface area (Å²) < 4.78 is 6.59. The molecule has 0 atom stereocenters. The highest BCUT2D eigenvalue weighted by Crippen LogP contribution is 2.42. The van der Waals surface area contributed by atoms with Gasteiger partial charge in [-0.3, -0.25) is 5.10 Å². The van der Waals surface area contributed by atoms with Crippen LogP contribution in [0.25, 0.3) is 32.2 Å². The number of nitrogens with two attached hydrogens (primary N) is 1. The predicted octanol–water partition coefficient (Wildman–Crippen LogP) is 4.83. The molecule has 9 nitrogen and oxygen atoms in total. The van der Waals surface area contributed by atoms with Gasteiger partial charge in [0.2, 0.25) is 5.88 Å². The molecule has 1 aliphatic rings. The third-order valence-corrected chi connectivity index (χ3v) is 7.62. The zero-order valence-electron chi connectivity index (χ0n) is 19.9. The molecule has 35 heavy (non-hydrogen) atoms. The number of nitrogens with one attached hydrogen (secondary N) is 1. The maximum Gasteiger partial charge on any atom is 0.231 e. The quantitative estimate of drug-likeness (QED) is 0.371. The number of benzene rings is 1. The van der Waals surface area contributed by atoms with Gasteiger partial charge in [-0.2, -0.15) is 5.10 Å². The molecule has 0 amide bonds. The number of aryl methyl sites for hydroxylation is 2. The molecule has 1 fully saturated rings. The van der Waals surface area contributed by atoms with E-state index in [2.05, 4.69) is 43.4 Å². The number of nitrogens with zero attached hydrogens (tertiary/aromatic N) is 6. The Morgan fingerprint density at radius 3 is 2.71 bits per heavy atom. The van der Waals surface area contributed by atoms with Gasteiger partial charge in [0, 0.05) is 28.8 Å². The first-order valence-corrected chi connectivity index (χ1v) is 12.5. The minimum absolute atomic E-state index is 0.335. The second-order valence-electron chi connectivity index (χ2n) is 9.18. The van der Waals surface area contributed by atoms with E-state index in [9.17, 15) is 0 Å². The molecule has 0 aliphatic carbocycles. The van der Waals surface area contributed by atoms with Crippen molar-refractivity contribution in [3.05, 3.63) is 46.9 Å². The molecule has 1 aliphatic heterocycles. The first-order valence-electron chi connectivity index (χ1n) is 11.7.